The number of nitriles is 1. The molecular formula is C10H10NO. The minimum Gasteiger partial charge on any atom is -0.493 e. The molecule has 0 aliphatic rings. The topological polar surface area (TPSA) is 33.0 Å². The highest BCUT2D eigenvalue weighted by Gasteiger charge is 1.90. The lowest BCUT2D eigenvalue weighted by atomic mass is 10.3. The lowest BCUT2D eigenvalue weighted by Crippen LogP contribution is -1.95. The summed E-state index contributed by atoms with van der Waals surface area (Å²) >= 11 is 0. The minimum atomic E-state index is 0.548. The van der Waals surface area contributed by atoms with Gasteiger partial charge in [-0.15, -0.1) is 0 Å². The molecule has 1 aromatic rings. The molecule has 1 radical (unpaired) electrons. The molecule has 0 saturated carbocycles. The number of unbranched alkanes of at least 4 members (excludes halogenated alkanes) is 1. The van der Waals surface area contributed by atoms with Gasteiger partial charge in [-0.05, 0) is 12.5 Å². The third-order valence-corrected chi connectivity index (χ3v) is 1.37. The van der Waals surface area contributed by atoms with E-state index in [2.05, 4.69) is 12.1 Å². The second kappa shape index (κ2) is 5.20. The first kappa shape index (κ1) is 8.61. The van der Waals surface area contributed by atoms with Crippen LogP contribution in [0.15, 0.2) is 24.3 Å². The van der Waals surface area contributed by atoms with E-state index in [1.807, 2.05) is 18.2 Å². The average molecular weight is 160 g/mol. The average Bonchev–Trinajstić information content (AvgIpc) is 2.14. The van der Waals surface area contributed by atoms with Crippen molar-refractivity contribution in [1.82, 2.24) is 0 Å². The Morgan fingerprint density at radius 3 is 3.08 bits per heavy atom. The van der Waals surface area contributed by atoms with Crippen LogP contribution in [-0.4, -0.2) is 6.61 Å². The van der Waals surface area contributed by atoms with Crippen molar-refractivity contribution in [2.45, 2.75) is 12.8 Å². The lowest BCUT2D eigenvalue weighted by Gasteiger charge is -2.02. The number of benzene rings is 1. The summed E-state index contributed by atoms with van der Waals surface area (Å²) in [6.45, 7) is 0.591. The maximum absolute atomic E-state index is 8.25. The van der Waals surface area contributed by atoms with Crippen LogP contribution in [0.5, 0.6) is 5.75 Å². The Labute approximate surface area is 72.4 Å². The second-order valence-electron chi connectivity index (χ2n) is 2.34. The van der Waals surface area contributed by atoms with E-state index in [1.165, 1.54) is 0 Å². The van der Waals surface area contributed by atoms with Gasteiger partial charge in [0.05, 0.1) is 12.7 Å². The first-order valence-electron chi connectivity index (χ1n) is 3.90. The number of nitrogens with zero attached hydrogens (tertiary/aromatic N) is 1. The first-order valence-corrected chi connectivity index (χ1v) is 3.90. The maximum Gasteiger partial charge on any atom is 0.127 e. The van der Waals surface area contributed by atoms with E-state index in [1.54, 1.807) is 6.07 Å². The molecule has 0 aromatic heterocycles. The molecule has 0 spiro atoms. The molecular weight excluding hydrogens is 150 g/mol. The Hall–Kier alpha value is -1.49. The van der Waals surface area contributed by atoms with Crippen LogP contribution in [-0.2, 0) is 0 Å². The van der Waals surface area contributed by atoms with Crippen molar-refractivity contribution >= 4 is 0 Å². The van der Waals surface area contributed by atoms with Gasteiger partial charge in [0.15, 0.2) is 0 Å². The predicted molar refractivity (Wildman–Crippen MR) is 45.6 cm³/mol. The molecule has 0 aliphatic carbocycles. The van der Waals surface area contributed by atoms with Crippen molar-refractivity contribution in [1.29, 1.82) is 5.26 Å². The van der Waals surface area contributed by atoms with Crippen molar-refractivity contribution in [3.05, 3.63) is 30.3 Å². The highest BCUT2D eigenvalue weighted by Crippen LogP contribution is 2.07. The fourth-order valence-electron chi connectivity index (χ4n) is 0.800. The quantitative estimate of drug-likeness (QED) is 0.632. The standard InChI is InChI=1S/C10H10NO/c11-8-4-5-9-12-10-6-2-1-3-7-10/h1-3,6H,4-5,9H2. The monoisotopic (exact) mass is 160 g/mol. The van der Waals surface area contributed by atoms with Crippen LogP contribution in [0.4, 0.5) is 0 Å². The van der Waals surface area contributed by atoms with Crippen LogP contribution in [0.3, 0.4) is 0 Å². The first-order chi connectivity index (χ1) is 5.93. The van der Waals surface area contributed by atoms with Crippen LogP contribution in [0.2, 0.25) is 0 Å². The summed E-state index contributed by atoms with van der Waals surface area (Å²) in [6.07, 6.45) is 1.33. The molecule has 0 bridgehead atoms. The smallest absolute Gasteiger partial charge is 0.127 e. The largest absolute Gasteiger partial charge is 0.493 e. The molecule has 0 unspecified atom stereocenters. The van der Waals surface area contributed by atoms with Gasteiger partial charge in [0.1, 0.15) is 5.75 Å². The van der Waals surface area contributed by atoms with Crippen molar-refractivity contribution in [2.24, 2.45) is 0 Å². The summed E-state index contributed by atoms with van der Waals surface area (Å²) in [5.41, 5.74) is 0. The molecule has 1 aromatic carbocycles. The molecule has 2 nitrogen and oxygen atoms in total. The number of hydrogen-bond acceptors (Lipinski definition) is 2. The van der Waals surface area contributed by atoms with Crippen LogP contribution in [0, 0.1) is 17.4 Å². The van der Waals surface area contributed by atoms with Crippen molar-refractivity contribution in [3.63, 3.8) is 0 Å². The van der Waals surface area contributed by atoms with E-state index in [4.69, 9.17) is 10.00 Å². The highest BCUT2D eigenvalue weighted by molar-refractivity contribution is 5.19. The van der Waals surface area contributed by atoms with Gasteiger partial charge >= 0.3 is 0 Å². The Kier molecular flexibility index (Phi) is 3.73. The van der Waals surface area contributed by atoms with Crippen molar-refractivity contribution in [2.75, 3.05) is 6.61 Å². The summed E-state index contributed by atoms with van der Waals surface area (Å²) < 4.78 is 5.30. The lowest BCUT2D eigenvalue weighted by molar-refractivity contribution is 0.312. The summed E-state index contributed by atoms with van der Waals surface area (Å²) in [5, 5.41) is 8.25. The van der Waals surface area contributed by atoms with Crippen LogP contribution >= 0.6 is 0 Å². The summed E-state index contributed by atoms with van der Waals surface area (Å²) in [7, 11) is 0. The van der Waals surface area contributed by atoms with E-state index in [0.717, 1.165) is 12.2 Å². The minimum absolute atomic E-state index is 0.548. The van der Waals surface area contributed by atoms with Gasteiger partial charge in [-0.1, -0.05) is 18.2 Å². The second-order valence-corrected chi connectivity index (χ2v) is 2.34. The van der Waals surface area contributed by atoms with Crippen molar-refractivity contribution < 1.29 is 4.74 Å². The molecule has 0 heterocycles. The molecule has 0 fully saturated rings. The van der Waals surface area contributed by atoms with Gasteiger partial charge in [-0.3, -0.25) is 0 Å². The molecule has 12 heavy (non-hydrogen) atoms. The number of ether oxygens (including phenoxy) is 1. The fraction of sp³-hybridized carbons (Fsp3) is 0.300. The van der Waals surface area contributed by atoms with E-state index in [9.17, 15) is 0 Å². The molecule has 1 rings (SSSR count). The van der Waals surface area contributed by atoms with Gasteiger partial charge in [0.2, 0.25) is 0 Å². The van der Waals surface area contributed by atoms with Gasteiger partial charge in [0.25, 0.3) is 0 Å². The van der Waals surface area contributed by atoms with Gasteiger partial charge < -0.3 is 4.74 Å². The third-order valence-electron chi connectivity index (χ3n) is 1.37. The zero-order valence-corrected chi connectivity index (χ0v) is 6.79. The van der Waals surface area contributed by atoms with Crippen LogP contribution < -0.4 is 4.74 Å². The number of para-hydroxylation sites is 1. The summed E-state index contributed by atoms with van der Waals surface area (Å²) in [5.74, 6) is 0.746. The van der Waals surface area contributed by atoms with Crippen LogP contribution in [0.25, 0.3) is 0 Å². The van der Waals surface area contributed by atoms with Gasteiger partial charge in [-0.2, -0.15) is 5.26 Å². The number of hydrogen-bond donors (Lipinski definition) is 0. The van der Waals surface area contributed by atoms with Crippen molar-refractivity contribution in [3.8, 4) is 11.8 Å². The van der Waals surface area contributed by atoms with E-state index in [-0.39, 0.29) is 0 Å². The summed E-state index contributed by atoms with van der Waals surface area (Å²) in [4.78, 5) is 0. The molecule has 0 saturated heterocycles. The molecule has 0 aliphatic heterocycles. The zero-order chi connectivity index (χ0) is 8.65. The molecule has 0 N–H and O–H groups in total. The third kappa shape index (κ3) is 3.07. The molecule has 0 atom stereocenters. The maximum atomic E-state index is 8.25. The highest BCUT2D eigenvalue weighted by atomic mass is 16.5. The van der Waals surface area contributed by atoms with Crippen LogP contribution in [0.1, 0.15) is 12.8 Å². The molecule has 61 valence electrons. The van der Waals surface area contributed by atoms with Gasteiger partial charge in [0, 0.05) is 12.5 Å². The molecule has 2 heteroatoms. The Balaban J connectivity index is 2.21. The Bertz CT molecular complexity index is 250. The van der Waals surface area contributed by atoms with E-state index in [0.29, 0.717) is 13.0 Å². The Morgan fingerprint density at radius 1 is 1.50 bits per heavy atom. The Morgan fingerprint density at radius 2 is 2.42 bits per heavy atom. The SMILES string of the molecule is N#CCCCOc1[c]cccc1. The normalized spacial score (nSPS) is 8.92. The zero-order valence-electron chi connectivity index (χ0n) is 6.79. The molecule has 0 amide bonds. The fourth-order valence-corrected chi connectivity index (χ4v) is 0.800. The van der Waals surface area contributed by atoms with Gasteiger partial charge in [-0.25, -0.2) is 0 Å². The number of rotatable bonds is 4. The van der Waals surface area contributed by atoms with E-state index >= 15 is 0 Å². The summed E-state index contributed by atoms with van der Waals surface area (Å²) in [6, 6.07) is 12.5. The predicted octanol–water partition coefficient (Wildman–Crippen LogP) is 2.17. The van der Waals surface area contributed by atoms with E-state index < -0.39 is 0 Å².